The van der Waals surface area contributed by atoms with E-state index in [1.54, 1.807) is 0 Å². The number of benzene rings is 10. The number of fused-ring (bicyclic) bond motifs is 4. The first kappa shape index (κ1) is 14.9. The molecule has 0 amide bonds. The smallest absolute Gasteiger partial charge is 0.143 e. The summed E-state index contributed by atoms with van der Waals surface area (Å²) in [6, 6.07) is -36.2. The van der Waals surface area contributed by atoms with E-state index in [9.17, 15) is 24.7 Å². The average molecular weight is 837 g/mol. The Bertz CT molecular complexity index is 5950. The average Bonchev–Trinajstić information content (AvgIpc) is 1.43. The lowest BCUT2D eigenvalue weighted by atomic mass is 9.88. The number of nitrogens with zero attached hydrogens (tertiary/aromatic N) is 2. The second-order valence-electron chi connectivity index (χ2n) is 13.6. The van der Waals surface area contributed by atoms with Gasteiger partial charge in [-0.25, -0.2) is 4.98 Å². The Hall–Kier alpha value is -8.40. The largest absolute Gasteiger partial charge is 0.455 e. The zero-order chi connectivity index (χ0) is 72.8. The lowest BCUT2D eigenvalue weighted by molar-refractivity contribution is 0.599. The van der Waals surface area contributed by atoms with Gasteiger partial charge in [-0.2, -0.15) is 0 Å². The van der Waals surface area contributed by atoms with Gasteiger partial charge in [0.25, 0.3) is 0 Å². The van der Waals surface area contributed by atoms with Gasteiger partial charge in [-0.1, -0.05) is 193 Å². The Labute approximate surface area is 414 Å². The summed E-state index contributed by atoms with van der Waals surface area (Å²) in [5.41, 5.74) is -10.8. The predicted octanol–water partition coefficient (Wildman–Crippen LogP) is 16.4. The number of hydrogen-bond acceptors (Lipinski definition) is 3. The third kappa shape index (κ3) is 5.60. The lowest BCUT2D eigenvalue weighted by Gasteiger charge is -2.14. The van der Waals surface area contributed by atoms with Crippen molar-refractivity contribution in [1.29, 1.82) is 0 Å². The second kappa shape index (κ2) is 14.1. The lowest BCUT2D eigenvalue weighted by Crippen LogP contribution is -1.91. The van der Waals surface area contributed by atoms with Crippen molar-refractivity contribution in [2.45, 2.75) is 0 Å². The van der Waals surface area contributed by atoms with Crippen molar-refractivity contribution in [3.63, 3.8) is 0 Å². The molecular weight excluding hydrogens is 765 g/mol. The number of aromatic nitrogens is 2. The highest BCUT2D eigenvalue weighted by Crippen LogP contribution is 2.51. The highest BCUT2D eigenvalue weighted by Gasteiger charge is 2.27. The van der Waals surface area contributed by atoms with Gasteiger partial charge in [-0.15, -0.1) is 0 Å². The predicted molar refractivity (Wildman–Crippen MR) is 263 cm³/mol. The van der Waals surface area contributed by atoms with Crippen molar-refractivity contribution < 1.29 is 53.8 Å². The summed E-state index contributed by atoms with van der Waals surface area (Å²) in [5, 5.41) is -6.05. The van der Waals surface area contributed by atoms with E-state index < -0.39 is 350 Å². The van der Waals surface area contributed by atoms with Gasteiger partial charge in [0.15, 0.2) is 0 Å². The number of pyridine rings is 2. The summed E-state index contributed by atoms with van der Waals surface area (Å²) in [6.07, 6.45) is -0.820. The van der Waals surface area contributed by atoms with E-state index >= 15 is 0 Å². The van der Waals surface area contributed by atoms with Gasteiger partial charge >= 0.3 is 0 Å². The van der Waals surface area contributed by atoms with E-state index in [1.165, 1.54) is 0 Å². The van der Waals surface area contributed by atoms with Gasteiger partial charge in [-0.05, 0) is 83.5 Å². The summed E-state index contributed by atoms with van der Waals surface area (Å²) in [7, 11) is 0. The van der Waals surface area contributed by atoms with Crippen molar-refractivity contribution >= 4 is 64.9 Å². The van der Waals surface area contributed by atoms with Crippen LogP contribution in [0.5, 0.6) is 0 Å². The molecule has 0 spiro atoms. The first-order chi connectivity index (χ1) is 46.2. The monoisotopic (exact) mass is 837 g/mol. The molecule has 0 radical (unpaired) electrons. The summed E-state index contributed by atoms with van der Waals surface area (Å²) in [4.78, 5) is 8.47. The molecule has 3 nitrogen and oxygen atoms in total. The van der Waals surface area contributed by atoms with Crippen LogP contribution >= 0.6 is 0 Å². The minimum Gasteiger partial charge on any atom is -0.455 e. The summed E-state index contributed by atoms with van der Waals surface area (Å²) in [6.45, 7) is 0. The topological polar surface area (TPSA) is 38.9 Å². The van der Waals surface area contributed by atoms with E-state index in [4.69, 9.17) is 29.1 Å². The van der Waals surface area contributed by atoms with Crippen molar-refractivity contribution in [3.8, 4) is 67.3 Å². The molecule has 10 aromatic carbocycles. The van der Waals surface area contributed by atoms with Crippen LogP contribution in [0, 0.1) is 0 Å². The van der Waals surface area contributed by atoms with Crippen LogP contribution in [0.1, 0.15) is 49.3 Å². The van der Waals surface area contributed by atoms with Crippen LogP contribution in [0.3, 0.4) is 0 Å². The molecule has 63 heavy (non-hydrogen) atoms. The molecular formula is C60H36N2O. The maximum atomic E-state index is 9.97. The van der Waals surface area contributed by atoms with Crippen molar-refractivity contribution in [2.24, 2.45) is 0 Å². The molecule has 0 saturated heterocycles. The van der Waals surface area contributed by atoms with Gasteiger partial charge in [0, 0.05) is 44.8 Å². The highest BCUT2D eigenvalue weighted by atomic mass is 16.3. The van der Waals surface area contributed by atoms with Crippen molar-refractivity contribution in [2.75, 3.05) is 0 Å². The minimum atomic E-state index is -1.33. The molecule has 0 bridgehead atoms. The molecule has 3 heteroatoms. The molecule has 0 aliphatic rings. The molecule has 292 valence electrons. The Morgan fingerprint density at radius 1 is 0.333 bits per heavy atom. The number of rotatable bonds is 6. The van der Waals surface area contributed by atoms with E-state index in [0.717, 1.165) is 0 Å². The second-order valence-corrected chi connectivity index (χ2v) is 13.6. The quantitative estimate of drug-likeness (QED) is 0.157. The molecule has 3 heterocycles. The maximum Gasteiger partial charge on any atom is 0.143 e. The van der Waals surface area contributed by atoms with Crippen LogP contribution in [0.4, 0.5) is 0 Å². The maximum absolute atomic E-state index is 9.97. The fraction of sp³-hybridized carbons (Fsp3) is 0. The third-order valence-electron chi connectivity index (χ3n) is 10.2. The zero-order valence-electron chi connectivity index (χ0n) is 67.3. The van der Waals surface area contributed by atoms with E-state index in [-0.39, 0.29) is 0 Å². The van der Waals surface area contributed by atoms with Crippen LogP contribution in [0.25, 0.3) is 132 Å². The minimum absolute atomic E-state index is 0.433. The Balaban J connectivity index is 1.22. The van der Waals surface area contributed by atoms with E-state index in [2.05, 4.69) is 9.97 Å². The van der Waals surface area contributed by atoms with Crippen molar-refractivity contribution in [1.82, 2.24) is 9.97 Å². The van der Waals surface area contributed by atoms with Crippen LogP contribution < -0.4 is 0 Å². The molecule has 0 atom stereocenters. The van der Waals surface area contributed by atoms with Crippen LogP contribution in [-0.2, 0) is 0 Å². The molecule has 3 aromatic heterocycles. The van der Waals surface area contributed by atoms with Gasteiger partial charge in [0.1, 0.15) is 11.5 Å². The first-order valence-electron chi connectivity index (χ1n) is 36.6. The first-order valence-corrected chi connectivity index (χ1v) is 18.6. The molecule has 13 rings (SSSR count). The third-order valence-corrected chi connectivity index (χ3v) is 10.2. The standard InChI is InChI=1S/C60H36N2O/c1-3-11-38(12-4-1)55-56(39-13-5-2-6-14-39)60(51-32-29-42-23-22-40-15-9-16-41-28-31-50(51)54(42)53(40)41)63-59(55)45-26-20-37(21-27-45)46-33-34-49(48-19-8-7-18-47(46)48)52-35-30-44-25-24-43-17-10-36-61-57(43)58(44)62-52/h1-36H/i1D,2D,3D,4D,5D,6D,7D,8D,9D,10D,11D,12D,13D,14D,15D,16D,17D,18D,19D,20D,21D,22D,23D,24D,25D,26D,27D,28D,29D,30D,31D,32D,33D,34D,35D,36D. The summed E-state index contributed by atoms with van der Waals surface area (Å²) >= 11 is 0. The van der Waals surface area contributed by atoms with Crippen LogP contribution in [-0.4, -0.2) is 9.97 Å². The molecule has 0 saturated carbocycles. The van der Waals surface area contributed by atoms with Gasteiger partial charge in [-0.3, -0.25) is 4.98 Å². The Kier molecular flexibility index (Phi) is 3.33. The Morgan fingerprint density at radius 2 is 0.873 bits per heavy atom. The molecule has 0 aliphatic heterocycles. The van der Waals surface area contributed by atoms with Crippen LogP contribution in [0.2, 0.25) is 0 Å². The number of hydrogen-bond donors (Lipinski definition) is 0. The van der Waals surface area contributed by atoms with E-state index in [0.29, 0.717) is 0 Å². The normalized spacial score (nSPS) is 19.8. The SMILES string of the molecule is [2H]c1nc2c(c([2H])c1[2H])c([2H])c([2H])c1c([2H])c([2H])c(-c3c([2H])c([2H])c(-c4c([2H])c([2H])c(-c5oc(-c6c([2H])c([2H])c7c([2H])c([2H])c8c([2H])c([2H])c([2H])c9c([2H])c([2H])c6c7c89)c(-c6c([2H])c([2H])c([2H])c([2H])c6[2H])c5-c5c([2H])c([2H])c([2H])c([2H])c5[2H])c([2H])c4[2H])c4c([2H])c([2H])c([2H])c([2H])c34)nc12. The molecule has 0 unspecified atom stereocenters. The van der Waals surface area contributed by atoms with Crippen molar-refractivity contribution in [3.05, 3.63) is 218 Å². The summed E-state index contributed by atoms with van der Waals surface area (Å²) < 4.78 is 337. The van der Waals surface area contributed by atoms with E-state index in [1.807, 2.05) is 0 Å². The van der Waals surface area contributed by atoms with Gasteiger partial charge in [0.05, 0.1) is 66.1 Å². The molecule has 0 aliphatic carbocycles. The zero-order valence-corrected chi connectivity index (χ0v) is 31.3. The fourth-order valence-corrected chi connectivity index (χ4v) is 7.53. The summed E-state index contributed by atoms with van der Waals surface area (Å²) in [5.74, 6) is -2.26. The molecule has 0 fully saturated rings. The van der Waals surface area contributed by atoms with Crippen LogP contribution in [0.15, 0.2) is 222 Å². The Morgan fingerprint density at radius 3 is 1.62 bits per heavy atom. The fourth-order valence-electron chi connectivity index (χ4n) is 7.53. The molecule has 0 N–H and O–H groups in total. The van der Waals surface area contributed by atoms with Gasteiger partial charge < -0.3 is 4.42 Å². The number of furan rings is 1. The van der Waals surface area contributed by atoms with Gasteiger partial charge in [0.2, 0.25) is 0 Å². The highest BCUT2D eigenvalue weighted by molar-refractivity contribution is 6.26. The molecule has 13 aromatic rings.